The summed E-state index contributed by atoms with van der Waals surface area (Å²) in [5, 5.41) is -0.559. The molecule has 0 bridgehead atoms. The number of hydrogen-bond acceptors (Lipinski definition) is 9. The predicted octanol–water partition coefficient (Wildman–Crippen LogP) is 3.00. The Kier molecular flexibility index (Phi) is 8.30. The molecular weight excluding hydrogens is 482 g/mol. The Hall–Kier alpha value is -2.53. The lowest BCUT2D eigenvalue weighted by Crippen LogP contribution is -2.42. The van der Waals surface area contributed by atoms with Crippen LogP contribution in [-0.4, -0.2) is 61.5 Å². The summed E-state index contributed by atoms with van der Waals surface area (Å²) in [6, 6.07) is 2.19. The molecule has 0 spiro atoms. The number of halogens is 1. The van der Waals surface area contributed by atoms with Crippen molar-refractivity contribution in [2.75, 3.05) is 27.4 Å². The lowest BCUT2D eigenvalue weighted by Gasteiger charge is -2.19. The van der Waals surface area contributed by atoms with Crippen LogP contribution in [0.5, 0.6) is 11.5 Å². The molecule has 30 heavy (non-hydrogen) atoms. The molecule has 0 N–H and O–H groups in total. The number of thioether (sulfide) groups is 1. The van der Waals surface area contributed by atoms with Gasteiger partial charge in [-0.15, -0.1) is 0 Å². The first-order valence-electron chi connectivity index (χ1n) is 8.74. The molecule has 162 valence electrons. The van der Waals surface area contributed by atoms with E-state index in [4.69, 9.17) is 14.2 Å². The van der Waals surface area contributed by atoms with Crippen LogP contribution in [-0.2, 0) is 23.9 Å². The van der Waals surface area contributed by atoms with Crippen molar-refractivity contribution < 1.29 is 38.1 Å². The van der Waals surface area contributed by atoms with Crippen LogP contribution in [0.15, 0.2) is 21.5 Å². The highest BCUT2D eigenvalue weighted by molar-refractivity contribution is 9.10. The first-order chi connectivity index (χ1) is 14.2. The van der Waals surface area contributed by atoms with Crippen LogP contribution in [0.3, 0.4) is 0 Å². The van der Waals surface area contributed by atoms with Crippen molar-refractivity contribution >= 4 is 56.9 Å². The summed E-state index contributed by atoms with van der Waals surface area (Å²) in [6.07, 6.45) is 1.50. The molecule has 1 atom stereocenters. The van der Waals surface area contributed by atoms with Gasteiger partial charge in [-0.3, -0.25) is 14.5 Å². The van der Waals surface area contributed by atoms with Gasteiger partial charge in [-0.25, -0.2) is 9.59 Å². The highest BCUT2D eigenvalue weighted by Crippen LogP contribution is 2.39. The average molecular weight is 502 g/mol. The number of benzene rings is 1. The molecule has 11 heteroatoms. The quantitative estimate of drug-likeness (QED) is 0.392. The van der Waals surface area contributed by atoms with Gasteiger partial charge in [-0.05, 0) is 65.3 Å². The minimum atomic E-state index is -1.03. The maximum Gasteiger partial charge on any atom is 0.343 e. The zero-order valence-corrected chi connectivity index (χ0v) is 19.1. The number of ether oxygens (including phenoxy) is 4. The smallest absolute Gasteiger partial charge is 0.343 e. The summed E-state index contributed by atoms with van der Waals surface area (Å²) >= 11 is 4.07. The number of hydrogen-bond donors (Lipinski definition) is 0. The standard InChI is InChI=1S/C19H20BrNO8S/c1-5-28-18(24)10(2)21-17(23)14(30-19(21)25)8-11-6-12(20)16(13(7-11)26-3)29-9-15(22)27-4/h6-8,10H,5,9H2,1-4H3/b14-8+/t10-/m0/s1. The van der Waals surface area contributed by atoms with Crippen molar-refractivity contribution in [2.24, 2.45) is 0 Å². The van der Waals surface area contributed by atoms with Gasteiger partial charge in [0.1, 0.15) is 6.04 Å². The Morgan fingerprint density at radius 3 is 2.57 bits per heavy atom. The van der Waals surface area contributed by atoms with Gasteiger partial charge in [0, 0.05) is 0 Å². The SMILES string of the molecule is CCOC(=O)[C@H](C)N1C(=O)S/C(=C/c2cc(Br)c(OCC(=O)OC)c(OC)c2)C1=O. The number of carbonyl (C=O) groups is 4. The molecule has 1 aromatic carbocycles. The van der Waals surface area contributed by atoms with Gasteiger partial charge in [0.05, 0.1) is 30.2 Å². The molecule has 0 unspecified atom stereocenters. The zero-order chi connectivity index (χ0) is 22.4. The minimum Gasteiger partial charge on any atom is -0.493 e. The third-order valence-corrected chi connectivity index (χ3v) is 5.42. The monoisotopic (exact) mass is 501 g/mol. The van der Waals surface area contributed by atoms with Gasteiger partial charge < -0.3 is 18.9 Å². The number of methoxy groups -OCH3 is 2. The minimum absolute atomic E-state index is 0.146. The number of rotatable bonds is 8. The summed E-state index contributed by atoms with van der Waals surface area (Å²) < 4.78 is 20.6. The number of amides is 2. The summed E-state index contributed by atoms with van der Waals surface area (Å²) in [7, 11) is 2.67. The van der Waals surface area contributed by atoms with Crippen molar-refractivity contribution in [3.8, 4) is 11.5 Å². The van der Waals surface area contributed by atoms with Crippen LogP contribution in [0.2, 0.25) is 0 Å². The van der Waals surface area contributed by atoms with Gasteiger partial charge in [0.25, 0.3) is 11.1 Å². The molecule has 0 aromatic heterocycles. The summed E-state index contributed by atoms with van der Waals surface area (Å²) in [5.74, 6) is -1.22. The van der Waals surface area contributed by atoms with E-state index in [0.717, 1.165) is 16.7 Å². The van der Waals surface area contributed by atoms with Gasteiger partial charge in [-0.1, -0.05) is 0 Å². The Bertz CT molecular complexity index is 901. The number of nitrogens with zero attached hydrogens (tertiary/aromatic N) is 1. The fraction of sp³-hybridized carbons (Fsp3) is 0.368. The molecule has 1 fully saturated rings. The van der Waals surface area contributed by atoms with Crippen LogP contribution >= 0.6 is 27.7 Å². The van der Waals surface area contributed by atoms with Gasteiger partial charge in [0.15, 0.2) is 18.1 Å². The Morgan fingerprint density at radius 1 is 1.27 bits per heavy atom. The molecule has 1 saturated heterocycles. The average Bonchev–Trinajstić information content (AvgIpc) is 2.98. The van der Waals surface area contributed by atoms with Crippen molar-refractivity contribution in [3.63, 3.8) is 0 Å². The highest BCUT2D eigenvalue weighted by atomic mass is 79.9. The van der Waals surface area contributed by atoms with Crippen LogP contribution < -0.4 is 9.47 Å². The number of esters is 2. The van der Waals surface area contributed by atoms with Crippen molar-refractivity contribution in [3.05, 3.63) is 27.1 Å². The third kappa shape index (κ3) is 5.33. The zero-order valence-electron chi connectivity index (χ0n) is 16.7. The van der Waals surface area contributed by atoms with Gasteiger partial charge in [0.2, 0.25) is 0 Å². The molecule has 1 aliphatic rings. The van der Waals surface area contributed by atoms with Crippen molar-refractivity contribution in [1.82, 2.24) is 4.90 Å². The van der Waals surface area contributed by atoms with Crippen LogP contribution in [0.25, 0.3) is 6.08 Å². The summed E-state index contributed by atoms with van der Waals surface area (Å²) in [6.45, 7) is 2.91. The maximum atomic E-state index is 12.7. The molecule has 1 aromatic rings. The Morgan fingerprint density at radius 2 is 1.97 bits per heavy atom. The Labute approximate surface area is 185 Å². The van der Waals surface area contributed by atoms with E-state index < -0.39 is 29.1 Å². The first kappa shape index (κ1) is 23.7. The lowest BCUT2D eigenvalue weighted by atomic mass is 10.1. The molecule has 0 aliphatic carbocycles. The number of carbonyl (C=O) groups excluding carboxylic acids is 4. The van der Waals surface area contributed by atoms with Crippen molar-refractivity contribution in [1.29, 1.82) is 0 Å². The topological polar surface area (TPSA) is 108 Å². The van der Waals surface area contributed by atoms with Gasteiger partial charge >= 0.3 is 11.9 Å². The van der Waals surface area contributed by atoms with Crippen LogP contribution in [0.1, 0.15) is 19.4 Å². The molecule has 0 saturated carbocycles. The second-order valence-electron chi connectivity index (χ2n) is 5.88. The molecule has 1 aliphatic heterocycles. The molecule has 2 rings (SSSR count). The largest absolute Gasteiger partial charge is 0.493 e. The fourth-order valence-electron chi connectivity index (χ4n) is 2.49. The molecule has 1 heterocycles. The van der Waals surface area contributed by atoms with Gasteiger partial charge in [-0.2, -0.15) is 0 Å². The molecule has 0 radical (unpaired) electrons. The first-order valence-corrected chi connectivity index (χ1v) is 10.3. The van der Waals surface area contributed by atoms with E-state index in [1.807, 2.05) is 0 Å². The van der Waals surface area contributed by atoms with E-state index in [-0.39, 0.29) is 23.9 Å². The van der Waals surface area contributed by atoms with Crippen LogP contribution in [0, 0.1) is 0 Å². The van der Waals surface area contributed by atoms with E-state index in [1.165, 1.54) is 27.2 Å². The van der Waals surface area contributed by atoms with E-state index in [1.54, 1.807) is 19.1 Å². The summed E-state index contributed by atoms with van der Waals surface area (Å²) in [5.41, 5.74) is 0.540. The van der Waals surface area contributed by atoms with E-state index >= 15 is 0 Å². The molecule has 2 amide bonds. The van der Waals surface area contributed by atoms with Crippen molar-refractivity contribution in [2.45, 2.75) is 19.9 Å². The fourth-order valence-corrected chi connectivity index (χ4v) is 3.97. The van der Waals surface area contributed by atoms with E-state index in [9.17, 15) is 19.2 Å². The second-order valence-corrected chi connectivity index (χ2v) is 7.73. The second kappa shape index (κ2) is 10.5. The maximum absolute atomic E-state index is 12.7. The highest BCUT2D eigenvalue weighted by Gasteiger charge is 2.41. The molecular formula is C19H20BrNO8S. The van der Waals surface area contributed by atoms with E-state index in [0.29, 0.717) is 15.8 Å². The third-order valence-electron chi connectivity index (χ3n) is 3.95. The van der Waals surface area contributed by atoms with Crippen LogP contribution in [0.4, 0.5) is 4.79 Å². The Balaban J connectivity index is 2.29. The lowest BCUT2D eigenvalue weighted by molar-refractivity contribution is -0.150. The van der Waals surface area contributed by atoms with E-state index in [2.05, 4.69) is 20.7 Å². The predicted molar refractivity (Wildman–Crippen MR) is 112 cm³/mol. The normalized spacial score (nSPS) is 15.9. The summed E-state index contributed by atoms with van der Waals surface area (Å²) in [4.78, 5) is 49.2. The molecule has 9 nitrogen and oxygen atoms in total. The number of imide groups is 1.